The number of allylic oxidation sites excluding steroid dienone is 1. The Bertz CT molecular complexity index is 308. The summed E-state index contributed by atoms with van der Waals surface area (Å²) in [6, 6.07) is 2.57. The lowest BCUT2D eigenvalue weighted by Gasteiger charge is -2.02. The zero-order chi connectivity index (χ0) is 9.14. The number of benzene rings is 1. The van der Waals surface area contributed by atoms with E-state index in [-0.39, 0.29) is 16.5 Å². The van der Waals surface area contributed by atoms with Gasteiger partial charge in [-0.3, -0.25) is 0 Å². The van der Waals surface area contributed by atoms with E-state index in [1.165, 1.54) is 18.2 Å². The highest BCUT2D eigenvalue weighted by molar-refractivity contribution is 9.10. The second-order valence-corrected chi connectivity index (χ2v) is 3.17. The summed E-state index contributed by atoms with van der Waals surface area (Å²) in [7, 11) is 0. The Labute approximate surface area is 78.0 Å². The lowest BCUT2D eigenvalue weighted by Crippen LogP contribution is -1.94. The molecule has 0 saturated carbocycles. The summed E-state index contributed by atoms with van der Waals surface area (Å²) in [5.41, 5.74) is 0.0550. The molecule has 1 aromatic carbocycles. The summed E-state index contributed by atoms with van der Waals surface area (Å²) in [5.74, 6) is -1.08. The highest BCUT2D eigenvalue weighted by Gasteiger charge is 2.09. The van der Waals surface area contributed by atoms with Crippen LogP contribution in [0.5, 0.6) is 0 Å². The van der Waals surface area contributed by atoms with Crippen LogP contribution < -0.4 is 0 Å². The minimum absolute atomic E-state index is 0.0550. The van der Waals surface area contributed by atoms with Crippen molar-refractivity contribution in [1.29, 1.82) is 0 Å². The summed E-state index contributed by atoms with van der Waals surface area (Å²) >= 11 is 2.97. The van der Waals surface area contributed by atoms with Crippen LogP contribution in [0.4, 0.5) is 8.78 Å². The Kier molecular flexibility index (Phi) is 2.98. The van der Waals surface area contributed by atoms with Gasteiger partial charge in [-0.25, -0.2) is 8.78 Å². The van der Waals surface area contributed by atoms with Gasteiger partial charge in [-0.05, 0) is 34.5 Å². The number of hydrogen-bond donors (Lipinski definition) is 0. The molecule has 0 bridgehead atoms. The van der Waals surface area contributed by atoms with E-state index >= 15 is 0 Å². The third kappa shape index (κ3) is 1.72. The maximum absolute atomic E-state index is 13.1. The largest absolute Gasteiger partial charge is 0.207 e. The average Bonchev–Trinajstić information content (AvgIpc) is 2.06. The lowest BCUT2D eigenvalue weighted by molar-refractivity contribution is 0.558. The van der Waals surface area contributed by atoms with E-state index in [0.29, 0.717) is 0 Å². The molecule has 0 atom stereocenters. The van der Waals surface area contributed by atoms with E-state index < -0.39 is 11.6 Å². The first kappa shape index (κ1) is 9.39. The number of rotatable bonds is 2. The van der Waals surface area contributed by atoms with Gasteiger partial charge in [0, 0.05) is 5.56 Å². The van der Waals surface area contributed by atoms with Gasteiger partial charge in [0.2, 0.25) is 0 Å². The van der Waals surface area contributed by atoms with Crippen molar-refractivity contribution in [2.45, 2.75) is 6.42 Å². The van der Waals surface area contributed by atoms with E-state index in [1.54, 1.807) is 0 Å². The van der Waals surface area contributed by atoms with E-state index in [4.69, 9.17) is 0 Å². The molecule has 0 unspecified atom stereocenters. The van der Waals surface area contributed by atoms with Crippen molar-refractivity contribution >= 4 is 15.9 Å². The Morgan fingerprint density at radius 2 is 2.08 bits per heavy atom. The van der Waals surface area contributed by atoms with Crippen molar-refractivity contribution in [3.05, 3.63) is 46.5 Å². The molecule has 0 radical (unpaired) electrons. The molecule has 0 spiro atoms. The Morgan fingerprint density at radius 3 is 2.67 bits per heavy atom. The zero-order valence-electron chi connectivity index (χ0n) is 6.28. The molecule has 0 aliphatic rings. The minimum Gasteiger partial charge on any atom is -0.207 e. The fourth-order valence-corrected chi connectivity index (χ4v) is 1.27. The first-order valence-electron chi connectivity index (χ1n) is 3.40. The van der Waals surface area contributed by atoms with Crippen LogP contribution in [0.15, 0.2) is 29.3 Å². The molecule has 0 amide bonds. The minimum atomic E-state index is -0.546. The van der Waals surface area contributed by atoms with Gasteiger partial charge in [-0.2, -0.15) is 0 Å². The van der Waals surface area contributed by atoms with Crippen molar-refractivity contribution in [1.82, 2.24) is 0 Å². The lowest BCUT2D eigenvalue weighted by atomic mass is 10.1. The Morgan fingerprint density at radius 1 is 1.42 bits per heavy atom. The Balaban J connectivity index is 3.22. The first-order chi connectivity index (χ1) is 5.66. The van der Waals surface area contributed by atoms with Gasteiger partial charge in [-0.15, -0.1) is 6.58 Å². The summed E-state index contributed by atoms with van der Waals surface area (Å²) < 4.78 is 26.3. The standard InChI is InChI=1S/C9H7BrF2/c1-2-3-6-8(11)5-4-7(10)9(6)12/h2,4-5H,1,3H2. The molecule has 0 nitrogen and oxygen atoms in total. The summed E-state index contributed by atoms with van der Waals surface area (Å²) in [4.78, 5) is 0. The van der Waals surface area contributed by atoms with Crippen molar-refractivity contribution in [2.24, 2.45) is 0 Å². The number of halogens is 3. The molecular formula is C9H7BrF2. The summed E-state index contributed by atoms with van der Waals surface area (Å²) in [5, 5.41) is 0. The smallest absolute Gasteiger partial charge is 0.143 e. The molecule has 64 valence electrons. The molecule has 1 rings (SSSR count). The van der Waals surface area contributed by atoms with Crippen LogP contribution in [0, 0.1) is 11.6 Å². The van der Waals surface area contributed by atoms with Gasteiger partial charge in [0.05, 0.1) is 4.47 Å². The Hall–Kier alpha value is -0.700. The summed E-state index contributed by atoms with van der Waals surface area (Å²) in [6.45, 7) is 3.42. The summed E-state index contributed by atoms with van der Waals surface area (Å²) in [6.07, 6.45) is 1.67. The molecule has 0 fully saturated rings. The third-order valence-corrected chi connectivity index (χ3v) is 2.10. The zero-order valence-corrected chi connectivity index (χ0v) is 7.87. The van der Waals surface area contributed by atoms with Crippen molar-refractivity contribution in [3.8, 4) is 0 Å². The SMILES string of the molecule is C=CCc1c(F)ccc(Br)c1F. The molecule has 0 aliphatic heterocycles. The van der Waals surface area contributed by atoms with Crippen LogP contribution in [0.3, 0.4) is 0 Å². The highest BCUT2D eigenvalue weighted by Crippen LogP contribution is 2.21. The molecule has 0 aliphatic carbocycles. The molecule has 0 aromatic heterocycles. The van der Waals surface area contributed by atoms with Crippen LogP contribution in [0.1, 0.15) is 5.56 Å². The molecule has 3 heteroatoms. The van der Waals surface area contributed by atoms with Gasteiger partial charge >= 0.3 is 0 Å². The monoisotopic (exact) mass is 232 g/mol. The normalized spacial score (nSPS) is 9.92. The predicted octanol–water partition coefficient (Wildman–Crippen LogP) is 3.46. The maximum Gasteiger partial charge on any atom is 0.143 e. The van der Waals surface area contributed by atoms with Crippen LogP contribution >= 0.6 is 15.9 Å². The second kappa shape index (κ2) is 3.81. The topological polar surface area (TPSA) is 0 Å². The van der Waals surface area contributed by atoms with Gasteiger partial charge in [-0.1, -0.05) is 6.08 Å². The average molecular weight is 233 g/mol. The van der Waals surface area contributed by atoms with Gasteiger partial charge in [0.1, 0.15) is 11.6 Å². The quantitative estimate of drug-likeness (QED) is 0.542. The highest BCUT2D eigenvalue weighted by atomic mass is 79.9. The van der Waals surface area contributed by atoms with Gasteiger partial charge in [0.15, 0.2) is 0 Å². The fraction of sp³-hybridized carbons (Fsp3) is 0.111. The number of hydrogen-bond acceptors (Lipinski definition) is 0. The van der Waals surface area contributed by atoms with Crippen LogP contribution in [-0.4, -0.2) is 0 Å². The molecule has 0 saturated heterocycles. The second-order valence-electron chi connectivity index (χ2n) is 2.31. The van der Waals surface area contributed by atoms with Crippen molar-refractivity contribution in [2.75, 3.05) is 0 Å². The predicted molar refractivity (Wildman–Crippen MR) is 48.0 cm³/mol. The maximum atomic E-state index is 13.1. The van der Waals surface area contributed by atoms with E-state index in [1.807, 2.05) is 0 Å². The van der Waals surface area contributed by atoms with E-state index in [2.05, 4.69) is 22.5 Å². The molecule has 1 aromatic rings. The van der Waals surface area contributed by atoms with E-state index in [9.17, 15) is 8.78 Å². The van der Waals surface area contributed by atoms with Crippen LogP contribution in [0.25, 0.3) is 0 Å². The molecule has 12 heavy (non-hydrogen) atoms. The molecule has 0 heterocycles. The van der Waals surface area contributed by atoms with E-state index in [0.717, 1.165) is 0 Å². The van der Waals surface area contributed by atoms with Crippen molar-refractivity contribution in [3.63, 3.8) is 0 Å². The van der Waals surface area contributed by atoms with Crippen molar-refractivity contribution < 1.29 is 8.78 Å². The third-order valence-electron chi connectivity index (χ3n) is 1.49. The van der Waals surface area contributed by atoms with Gasteiger partial charge in [0.25, 0.3) is 0 Å². The molecule has 0 N–H and O–H groups in total. The fourth-order valence-electron chi connectivity index (χ4n) is 0.901. The molecular weight excluding hydrogens is 226 g/mol. The van der Waals surface area contributed by atoms with Crippen LogP contribution in [0.2, 0.25) is 0 Å². The van der Waals surface area contributed by atoms with Gasteiger partial charge < -0.3 is 0 Å². The first-order valence-corrected chi connectivity index (χ1v) is 4.19. The van der Waals surface area contributed by atoms with Crippen LogP contribution in [-0.2, 0) is 6.42 Å².